The Hall–Kier alpha value is -0.130. The Bertz CT molecular complexity index is 269. The third-order valence-corrected chi connectivity index (χ3v) is 4.17. The molecular weight excluding hydrogens is 238 g/mol. The summed E-state index contributed by atoms with van der Waals surface area (Å²) in [5.41, 5.74) is 0. The van der Waals surface area contributed by atoms with Gasteiger partial charge in [-0.15, -0.1) is 0 Å². The van der Waals surface area contributed by atoms with Crippen LogP contribution in [0.15, 0.2) is 0 Å². The first-order valence-corrected chi connectivity index (χ1v) is 8.14. The maximum Gasteiger partial charge on any atom is 0.211 e. The van der Waals surface area contributed by atoms with Gasteiger partial charge in [-0.2, -0.15) is 0 Å². The van der Waals surface area contributed by atoms with Crippen molar-refractivity contribution in [1.29, 1.82) is 0 Å². The van der Waals surface area contributed by atoms with Crippen LogP contribution in [0.4, 0.5) is 0 Å². The normalized spacial score (nSPS) is 14.2. The number of nitrogens with one attached hydrogen (secondary N) is 1. The van der Waals surface area contributed by atoms with Crippen molar-refractivity contribution in [3.05, 3.63) is 0 Å². The molecule has 2 N–H and O–H groups in total. The predicted molar refractivity (Wildman–Crippen MR) is 71.3 cm³/mol. The van der Waals surface area contributed by atoms with Crippen molar-refractivity contribution in [3.63, 3.8) is 0 Å². The fourth-order valence-corrected chi connectivity index (χ4v) is 3.06. The van der Waals surface area contributed by atoms with Crippen LogP contribution >= 0.6 is 0 Å². The zero-order chi connectivity index (χ0) is 13.3. The standard InChI is InChI=1S/C12H27NO3S/c1-4-5-12(6-8-14)10-13-17(15,16)9-7-11(2)3/h11-14H,4-10H2,1-3H3. The lowest BCUT2D eigenvalue weighted by molar-refractivity contribution is 0.251. The zero-order valence-corrected chi connectivity index (χ0v) is 12.1. The van der Waals surface area contributed by atoms with Gasteiger partial charge in [0.05, 0.1) is 5.75 Å². The smallest absolute Gasteiger partial charge is 0.211 e. The molecule has 0 saturated heterocycles. The van der Waals surface area contributed by atoms with Crippen molar-refractivity contribution < 1.29 is 13.5 Å². The number of aliphatic hydroxyl groups excluding tert-OH is 1. The highest BCUT2D eigenvalue weighted by atomic mass is 32.2. The first-order chi connectivity index (χ1) is 7.91. The molecule has 17 heavy (non-hydrogen) atoms. The Kier molecular flexibility index (Phi) is 8.82. The summed E-state index contributed by atoms with van der Waals surface area (Å²) in [6.07, 6.45) is 3.32. The van der Waals surface area contributed by atoms with Gasteiger partial charge in [0.15, 0.2) is 0 Å². The van der Waals surface area contributed by atoms with Crippen molar-refractivity contribution >= 4 is 10.0 Å². The van der Waals surface area contributed by atoms with E-state index in [4.69, 9.17) is 5.11 Å². The molecule has 5 heteroatoms. The van der Waals surface area contributed by atoms with Gasteiger partial charge in [0.2, 0.25) is 10.0 Å². The van der Waals surface area contributed by atoms with Gasteiger partial charge in [0.1, 0.15) is 0 Å². The highest BCUT2D eigenvalue weighted by Crippen LogP contribution is 2.10. The highest BCUT2D eigenvalue weighted by Gasteiger charge is 2.14. The average molecular weight is 265 g/mol. The molecular formula is C12H27NO3S. The minimum atomic E-state index is -3.14. The molecule has 0 aromatic rings. The maximum absolute atomic E-state index is 11.7. The van der Waals surface area contributed by atoms with E-state index in [1.165, 1.54) is 0 Å². The second kappa shape index (κ2) is 8.89. The summed E-state index contributed by atoms with van der Waals surface area (Å²) in [6.45, 7) is 6.67. The summed E-state index contributed by atoms with van der Waals surface area (Å²) in [5.74, 6) is 0.845. The monoisotopic (exact) mass is 265 g/mol. The van der Waals surface area contributed by atoms with E-state index in [-0.39, 0.29) is 18.3 Å². The van der Waals surface area contributed by atoms with Crippen LogP contribution in [-0.2, 0) is 10.0 Å². The SMILES string of the molecule is CCCC(CCO)CNS(=O)(=O)CCC(C)C. The summed E-state index contributed by atoms with van der Waals surface area (Å²) < 4.78 is 26.0. The van der Waals surface area contributed by atoms with Gasteiger partial charge in [-0.05, 0) is 31.1 Å². The topological polar surface area (TPSA) is 66.4 Å². The minimum absolute atomic E-state index is 0.123. The quantitative estimate of drug-likeness (QED) is 0.632. The van der Waals surface area contributed by atoms with E-state index in [1.807, 2.05) is 13.8 Å². The predicted octanol–water partition coefficient (Wildman–Crippen LogP) is 1.75. The molecule has 0 saturated carbocycles. The Morgan fingerprint density at radius 1 is 1.18 bits per heavy atom. The van der Waals surface area contributed by atoms with Crippen molar-refractivity contribution in [2.75, 3.05) is 18.9 Å². The molecule has 0 bridgehead atoms. The third kappa shape index (κ3) is 9.56. The molecule has 0 rings (SSSR count). The van der Waals surface area contributed by atoms with E-state index in [0.29, 0.717) is 25.3 Å². The van der Waals surface area contributed by atoms with Crippen molar-refractivity contribution in [2.45, 2.75) is 46.5 Å². The fourth-order valence-electron chi connectivity index (χ4n) is 1.65. The number of sulfonamides is 1. The lowest BCUT2D eigenvalue weighted by atomic mass is 10.0. The van der Waals surface area contributed by atoms with Gasteiger partial charge in [0, 0.05) is 13.2 Å². The summed E-state index contributed by atoms with van der Waals surface area (Å²) in [7, 11) is -3.14. The molecule has 1 atom stereocenters. The van der Waals surface area contributed by atoms with Gasteiger partial charge in [-0.25, -0.2) is 13.1 Å². The fraction of sp³-hybridized carbons (Fsp3) is 1.00. The maximum atomic E-state index is 11.7. The van der Waals surface area contributed by atoms with Gasteiger partial charge in [0.25, 0.3) is 0 Å². The van der Waals surface area contributed by atoms with Crippen molar-refractivity contribution in [1.82, 2.24) is 4.72 Å². The van der Waals surface area contributed by atoms with Gasteiger partial charge < -0.3 is 5.11 Å². The Morgan fingerprint density at radius 3 is 2.29 bits per heavy atom. The van der Waals surface area contributed by atoms with Crippen LogP contribution in [-0.4, -0.2) is 32.4 Å². The average Bonchev–Trinajstić information content (AvgIpc) is 2.24. The summed E-state index contributed by atoms with van der Waals surface area (Å²) in [4.78, 5) is 0. The molecule has 0 heterocycles. The van der Waals surface area contributed by atoms with Gasteiger partial charge >= 0.3 is 0 Å². The molecule has 0 amide bonds. The number of rotatable bonds is 10. The van der Waals surface area contributed by atoms with E-state index in [2.05, 4.69) is 11.6 Å². The van der Waals surface area contributed by atoms with Crippen LogP contribution in [0, 0.1) is 11.8 Å². The van der Waals surface area contributed by atoms with E-state index >= 15 is 0 Å². The highest BCUT2D eigenvalue weighted by molar-refractivity contribution is 7.89. The van der Waals surface area contributed by atoms with E-state index in [1.54, 1.807) is 0 Å². The number of hydrogen-bond acceptors (Lipinski definition) is 3. The van der Waals surface area contributed by atoms with Crippen molar-refractivity contribution in [2.24, 2.45) is 11.8 Å². The van der Waals surface area contributed by atoms with Crippen LogP contribution in [0.25, 0.3) is 0 Å². The second-order valence-electron chi connectivity index (χ2n) is 5.02. The first-order valence-electron chi connectivity index (χ1n) is 6.49. The molecule has 1 unspecified atom stereocenters. The van der Waals surface area contributed by atoms with Crippen LogP contribution in [0.5, 0.6) is 0 Å². The summed E-state index contributed by atoms with van der Waals surface area (Å²) in [5, 5.41) is 8.89. The van der Waals surface area contributed by atoms with Crippen LogP contribution in [0.2, 0.25) is 0 Å². The largest absolute Gasteiger partial charge is 0.396 e. The van der Waals surface area contributed by atoms with E-state index in [0.717, 1.165) is 12.8 Å². The molecule has 104 valence electrons. The lowest BCUT2D eigenvalue weighted by Gasteiger charge is -2.16. The van der Waals surface area contributed by atoms with Gasteiger partial charge in [-0.1, -0.05) is 27.2 Å². The second-order valence-corrected chi connectivity index (χ2v) is 6.94. The summed E-state index contributed by atoms with van der Waals surface area (Å²) in [6, 6.07) is 0. The van der Waals surface area contributed by atoms with E-state index in [9.17, 15) is 8.42 Å². The third-order valence-electron chi connectivity index (χ3n) is 2.79. The Labute approximate surface area is 106 Å². The van der Waals surface area contributed by atoms with Crippen LogP contribution in [0.3, 0.4) is 0 Å². The first kappa shape index (κ1) is 16.9. The van der Waals surface area contributed by atoms with E-state index < -0.39 is 10.0 Å². The van der Waals surface area contributed by atoms with Crippen molar-refractivity contribution in [3.8, 4) is 0 Å². The molecule has 4 nitrogen and oxygen atoms in total. The molecule has 0 aliphatic carbocycles. The lowest BCUT2D eigenvalue weighted by Crippen LogP contribution is -2.32. The summed E-state index contributed by atoms with van der Waals surface area (Å²) >= 11 is 0. The Balaban J connectivity index is 4.04. The molecule has 0 aliphatic heterocycles. The molecule has 0 aromatic heterocycles. The van der Waals surface area contributed by atoms with Crippen LogP contribution < -0.4 is 4.72 Å². The number of hydrogen-bond donors (Lipinski definition) is 2. The molecule has 0 aliphatic rings. The molecule has 0 radical (unpaired) electrons. The molecule has 0 fully saturated rings. The molecule has 0 spiro atoms. The number of aliphatic hydroxyl groups is 1. The minimum Gasteiger partial charge on any atom is -0.396 e. The molecule has 0 aromatic carbocycles. The van der Waals surface area contributed by atoms with Crippen LogP contribution in [0.1, 0.15) is 46.5 Å². The Morgan fingerprint density at radius 2 is 1.82 bits per heavy atom. The zero-order valence-electron chi connectivity index (χ0n) is 11.3. The van der Waals surface area contributed by atoms with Gasteiger partial charge in [-0.3, -0.25) is 0 Å².